The highest BCUT2D eigenvalue weighted by Gasteiger charge is 2.20. The van der Waals surface area contributed by atoms with Crippen molar-refractivity contribution in [1.29, 1.82) is 0 Å². The van der Waals surface area contributed by atoms with Gasteiger partial charge in [-0.1, -0.05) is 0 Å². The third-order valence-electron chi connectivity index (χ3n) is 2.12. The molecule has 0 aliphatic heterocycles. The number of thiophene rings is 1. The molecule has 1 aromatic rings. The quantitative estimate of drug-likeness (QED) is 0.813. The first-order valence-electron chi connectivity index (χ1n) is 4.82. The maximum absolute atomic E-state index is 12.0. The molecule has 1 aromatic heterocycles. The number of rotatable bonds is 4. The molecule has 5 heteroatoms. The van der Waals surface area contributed by atoms with Crippen molar-refractivity contribution in [2.24, 2.45) is 0 Å². The number of hydrogen-bond donors (Lipinski definition) is 2. The SMILES string of the molecule is CC(C)N(CCO)C(=O)c1sccc1N. The second-order valence-electron chi connectivity index (χ2n) is 3.52. The van der Waals surface area contributed by atoms with Gasteiger partial charge in [-0.15, -0.1) is 11.3 Å². The van der Waals surface area contributed by atoms with Crippen LogP contribution >= 0.6 is 11.3 Å². The summed E-state index contributed by atoms with van der Waals surface area (Å²) in [7, 11) is 0. The lowest BCUT2D eigenvalue weighted by molar-refractivity contribution is 0.0671. The van der Waals surface area contributed by atoms with E-state index in [2.05, 4.69) is 0 Å². The van der Waals surface area contributed by atoms with Crippen LogP contribution in [-0.4, -0.2) is 35.1 Å². The smallest absolute Gasteiger partial charge is 0.266 e. The third kappa shape index (κ3) is 2.70. The van der Waals surface area contributed by atoms with Gasteiger partial charge in [0.15, 0.2) is 0 Å². The molecule has 0 aromatic carbocycles. The average molecular weight is 228 g/mol. The minimum atomic E-state index is -0.105. The summed E-state index contributed by atoms with van der Waals surface area (Å²) in [6, 6.07) is 1.78. The number of hydrogen-bond acceptors (Lipinski definition) is 4. The number of nitrogens with two attached hydrogens (primary N) is 1. The summed E-state index contributed by atoms with van der Waals surface area (Å²) in [5.41, 5.74) is 6.18. The Hall–Kier alpha value is -1.07. The van der Waals surface area contributed by atoms with Crippen LogP contribution in [0, 0.1) is 0 Å². The first kappa shape index (κ1) is 12.0. The van der Waals surface area contributed by atoms with Crippen LogP contribution in [0.2, 0.25) is 0 Å². The van der Waals surface area contributed by atoms with E-state index < -0.39 is 0 Å². The fourth-order valence-corrected chi connectivity index (χ4v) is 2.10. The zero-order valence-corrected chi connectivity index (χ0v) is 9.75. The highest BCUT2D eigenvalue weighted by atomic mass is 32.1. The van der Waals surface area contributed by atoms with E-state index in [9.17, 15) is 4.79 Å². The molecule has 0 saturated heterocycles. The molecule has 0 fully saturated rings. The molecule has 1 amide bonds. The number of nitrogens with zero attached hydrogens (tertiary/aromatic N) is 1. The van der Waals surface area contributed by atoms with Crippen LogP contribution < -0.4 is 5.73 Å². The van der Waals surface area contributed by atoms with Crippen molar-refractivity contribution in [3.8, 4) is 0 Å². The summed E-state index contributed by atoms with van der Waals surface area (Å²) in [5.74, 6) is -0.105. The zero-order chi connectivity index (χ0) is 11.4. The van der Waals surface area contributed by atoms with Crippen molar-refractivity contribution in [1.82, 2.24) is 4.90 Å². The van der Waals surface area contributed by atoms with Crippen molar-refractivity contribution < 1.29 is 9.90 Å². The lowest BCUT2D eigenvalue weighted by atomic mass is 10.2. The number of carbonyl (C=O) groups is 1. The van der Waals surface area contributed by atoms with E-state index in [1.54, 1.807) is 16.3 Å². The Bertz CT molecular complexity index is 336. The van der Waals surface area contributed by atoms with Crippen LogP contribution in [0.25, 0.3) is 0 Å². The number of nitrogen functional groups attached to an aromatic ring is 1. The molecule has 1 heterocycles. The minimum absolute atomic E-state index is 0.0325. The molecular weight excluding hydrogens is 212 g/mol. The zero-order valence-electron chi connectivity index (χ0n) is 8.93. The summed E-state index contributed by atoms with van der Waals surface area (Å²) in [5, 5.41) is 10.7. The molecule has 1 rings (SSSR count). The monoisotopic (exact) mass is 228 g/mol. The molecule has 0 atom stereocenters. The fraction of sp³-hybridized carbons (Fsp3) is 0.500. The Morgan fingerprint density at radius 2 is 2.33 bits per heavy atom. The largest absolute Gasteiger partial charge is 0.397 e. The summed E-state index contributed by atoms with van der Waals surface area (Å²) in [6.45, 7) is 4.14. The molecule has 84 valence electrons. The molecule has 0 radical (unpaired) electrons. The van der Waals surface area contributed by atoms with Gasteiger partial charge in [-0.25, -0.2) is 0 Å². The molecular formula is C10H16N2O2S. The van der Waals surface area contributed by atoms with E-state index in [0.717, 1.165) is 0 Å². The van der Waals surface area contributed by atoms with Gasteiger partial charge in [-0.3, -0.25) is 4.79 Å². The molecule has 0 bridgehead atoms. The molecule has 4 nitrogen and oxygen atoms in total. The second-order valence-corrected chi connectivity index (χ2v) is 4.44. The van der Waals surface area contributed by atoms with Gasteiger partial charge in [0.1, 0.15) is 4.88 Å². The van der Waals surface area contributed by atoms with Gasteiger partial charge < -0.3 is 15.7 Å². The van der Waals surface area contributed by atoms with E-state index in [4.69, 9.17) is 10.8 Å². The van der Waals surface area contributed by atoms with E-state index in [-0.39, 0.29) is 18.6 Å². The van der Waals surface area contributed by atoms with E-state index in [1.807, 2.05) is 13.8 Å². The van der Waals surface area contributed by atoms with Gasteiger partial charge in [0.05, 0.1) is 12.3 Å². The van der Waals surface area contributed by atoms with Gasteiger partial charge in [0.25, 0.3) is 5.91 Å². The first-order valence-corrected chi connectivity index (χ1v) is 5.70. The van der Waals surface area contributed by atoms with Crippen molar-refractivity contribution >= 4 is 22.9 Å². The maximum atomic E-state index is 12.0. The predicted molar refractivity (Wildman–Crippen MR) is 62.0 cm³/mol. The van der Waals surface area contributed by atoms with E-state index >= 15 is 0 Å². The Morgan fingerprint density at radius 1 is 1.67 bits per heavy atom. The second kappa shape index (κ2) is 5.14. The third-order valence-corrected chi connectivity index (χ3v) is 3.03. The molecule has 3 N–H and O–H groups in total. The van der Waals surface area contributed by atoms with Crippen LogP contribution in [0.4, 0.5) is 5.69 Å². The van der Waals surface area contributed by atoms with Crippen LogP contribution in [0.1, 0.15) is 23.5 Å². The number of anilines is 1. The average Bonchev–Trinajstić information content (AvgIpc) is 2.59. The van der Waals surface area contributed by atoms with Crippen molar-refractivity contribution in [3.05, 3.63) is 16.3 Å². The van der Waals surface area contributed by atoms with Gasteiger partial charge >= 0.3 is 0 Å². The van der Waals surface area contributed by atoms with Crippen LogP contribution in [0.3, 0.4) is 0 Å². The highest BCUT2D eigenvalue weighted by Crippen LogP contribution is 2.21. The molecule has 0 spiro atoms. The molecule has 0 saturated carbocycles. The number of carbonyl (C=O) groups excluding carboxylic acids is 1. The van der Waals surface area contributed by atoms with Crippen molar-refractivity contribution in [2.75, 3.05) is 18.9 Å². The fourth-order valence-electron chi connectivity index (χ4n) is 1.33. The first-order chi connectivity index (χ1) is 7.07. The maximum Gasteiger partial charge on any atom is 0.266 e. The summed E-state index contributed by atoms with van der Waals surface area (Å²) in [4.78, 5) is 14.2. The summed E-state index contributed by atoms with van der Waals surface area (Å²) < 4.78 is 0. The van der Waals surface area contributed by atoms with E-state index in [0.29, 0.717) is 17.1 Å². The normalized spacial score (nSPS) is 10.7. The van der Waals surface area contributed by atoms with Crippen LogP contribution in [-0.2, 0) is 0 Å². The predicted octanol–water partition coefficient (Wildman–Crippen LogP) is 1.17. The van der Waals surface area contributed by atoms with Gasteiger partial charge in [-0.2, -0.15) is 0 Å². The van der Waals surface area contributed by atoms with Crippen LogP contribution in [0.15, 0.2) is 11.4 Å². The Labute approximate surface area is 93.3 Å². The van der Waals surface area contributed by atoms with Gasteiger partial charge in [0.2, 0.25) is 0 Å². The highest BCUT2D eigenvalue weighted by molar-refractivity contribution is 7.12. The van der Waals surface area contributed by atoms with Crippen LogP contribution in [0.5, 0.6) is 0 Å². The molecule has 0 aliphatic carbocycles. The number of aliphatic hydroxyl groups excluding tert-OH is 1. The number of amides is 1. The summed E-state index contributed by atoms with van der Waals surface area (Å²) in [6.07, 6.45) is 0. The van der Waals surface area contributed by atoms with Gasteiger partial charge in [-0.05, 0) is 25.3 Å². The minimum Gasteiger partial charge on any atom is -0.397 e. The molecule has 15 heavy (non-hydrogen) atoms. The summed E-state index contributed by atoms with van der Waals surface area (Å²) >= 11 is 1.33. The molecule has 0 unspecified atom stereocenters. The van der Waals surface area contributed by atoms with Crippen molar-refractivity contribution in [2.45, 2.75) is 19.9 Å². The lowest BCUT2D eigenvalue weighted by Crippen LogP contribution is -2.38. The topological polar surface area (TPSA) is 66.6 Å². The van der Waals surface area contributed by atoms with Gasteiger partial charge in [0, 0.05) is 12.6 Å². The Morgan fingerprint density at radius 3 is 2.73 bits per heavy atom. The lowest BCUT2D eigenvalue weighted by Gasteiger charge is -2.25. The standard InChI is InChI=1S/C10H16N2O2S/c1-7(2)12(4-5-13)10(14)9-8(11)3-6-15-9/h3,6-7,13H,4-5,11H2,1-2H3. The number of aliphatic hydroxyl groups is 1. The van der Waals surface area contributed by atoms with E-state index in [1.165, 1.54) is 11.3 Å². The van der Waals surface area contributed by atoms with Crippen molar-refractivity contribution in [3.63, 3.8) is 0 Å². The molecule has 0 aliphatic rings. The Kier molecular flexibility index (Phi) is 4.11. The Balaban J connectivity index is 2.86.